The number of anilines is 1. The molecule has 0 spiro atoms. The van der Waals surface area contributed by atoms with Crippen LogP contribution in [0.25, 0.3) is 10.9 Å². The van der Waals surface area contributed by atoms with E-state index < -0.39 is 10.0 Å². The smallest absolute Gasteiger partial charge is 0.268 e. The normalized spacial score (nSPS) is 19.4. The molecule has 1 saturated heterocycles. The number of hydrogen-bond acceptors (Lipinski definition) is 5. The Balaban J connectivity index is 1.54. The molecule has 0 bridgehead atoms. The van der Waals surface area contributed by atoms with E-state index >= 15 is 0 Å². The van der Waals surface area contributed by atoms with Gasteiger partial charge in [-0.05, 0) is 74.2 Å². The van der Waals surface area contributed by atoms with Crippen LogP contribution in [-0.4, -0.2) is 44.4 Å². The molecule has 1 atom stereocenters. The summed E-state index contributed by atoms with van der Waals surface area (Å²) < 4.78 is 28.5. The van der Waals surface area contributed by atoms with E-state index in [4.69, 9.17) is 0 Å². The monoisotopic (exact) mass is 437 g/mol. The predicted molar refractivity (Wildman–Crippen MR) is 122 cm³/mol. The minimum Gasteiger partial charge on any atom is -0.370 e. The summed E-state index contributed by atoms with van der Waals surface area (Å²) in [6.07, 6.45) is 4.20. The minimum atomic E-state index is -3.74. The summed E-state index contributed by atoms with van der Waals surface area (Å²) in [5, 5.41) is 4.30. The number of nitrogens with one attached hydrogen (secondary N) is 1. The summed E-state index contributed by atoms with van der Waals surface area (Å²) in [7, 11) is -3.74. The number of fused-ring (bicyclic) bond motifs is 2. The third-order valence-corrected chi connectivity index (χ3v) is 8.27. The first-order valence-corrected chi connectivity index (χ1v) is 12.3. The van der Waals surface area contributed by atoms with Crippen molar-refractivity contribution in [1.29, 1.82) is 0 Å². The van der Waals surface area contributed by atoms with Crippen LogP contribution >= 0.6 is 0 Å². The number of Topliss-reactive ketones (excluding diaryl/α,β-unsaturated/α-hetero) is 1. The van der Waals surface area contributed by atoms with E-state index in [2.05, 4.69) is 16.3 Å². The molecule has 0 radical (unpaired) electrons. The van der Waals surface area contributed by atoms with Gasteiger partial charge in [0.15, 0.2) is 0 Å². The van der Waals surface area contributed by atoms with Gasteiger partial charge >= 0.3 is 0 Å². The molecule has 2 aliphatic rings. The SMILES string of the molecule is CC(=O)C1CCc2cc(S(=O)(=O)n3ccc4ccc(N5CCCNCC5)cc43)ccc21. The van der Waals surface area contributed by atoms with Crippen molar-refractivity contribution in [3.63, 3.8) is 0 Å². The fraction of sp³-hybridized carbons (Fsp3) is 0.375. The van der Waals surface area contributed by atoms with Gasteiger partial charge < -0.3 is 10.2 Å². The van der Waals surface area contributed by atoms with Crippen molar-refractivity contribution in [3.05, 3.63) is 59.8 Å². The van der Waals surface area contributed by atoms with Gasteiger partial charge in [-0.1, -0.05) is 12.1 Å². The topological polar surface area (TPSA) is 71.4 Å². The molecule has 5 rings (SSSR count). The number of hydrogen-bond donors (Lipinski definition) is 1. The zero-order valence-corrected chi connectivity index (χ0v) is 18.5. The van der Waals surface area contributed by atoms with E-state index in [1.54, 1.807) is 25.3 Å². The van der Waals surface area contributed by atoms with E-state index in [0.29, 0.717) is 5.52 Å². The van der Waals surface area contributed by atoms with Crippen LogP contribution in [0, 0.1) is 0 Å². The first-order chi connectivity index (χ1) is 14.9. The lowest BCUT2D eigenvalue weighted by molar-refractivity contribution is -0.118. The molecule has 2 aromatic carbocycles. The number of aryl methyl sites for hydroxylation is 1. The summed E-state index contributed by atoms with van der Waals surface area (Å²) in [4.78, 5) is 14.5. The molecule has 3 aromatic rings. The average Bonchev–Trinajstić information content (AvgIpc) is 3.28. The van der Waals surface area contributed by atoms with Crippen LogP contribution in [0.4, 0.5) is 5.69 Å². The van der Waals surface area contributed by atoms with E-state index in [1.807, 2.05) is 24.3 Å². The van der Waals surface area contributed by atoms with E-state index in [1.165, 1.54) is 3.97 Å². The molecule has 31 heavy (non-hydrogen) atoms. The quantitative estimate of drug-likeness (QED) is 0.678. The van der Waals surface area contributed by atoms with Gasteiger partial charge in [0.1, 0.15) is 5.78 Å². The van der Waals surface area contributed by atoms with Gasteiger partial charge in [-0.15, -0.1) is 0 Å². The van der Waals surface area contributed by atoms with E-state index in [-0.39, 0.29) is 16.6 Å². The second-order valence-corrected chi connectivity index (χ2v) is 10.3. The number of carbonyl (C=O) groups is 1. The lowest BCUT2D eigenvalue weighted by atomic mass is 9.98. The van der Waals surface area contributed by atoms with Crippen molar-refractivity contribution >= 4 is 32.4 Å². The molecule has 1 aliphatic carbocycles. The second-order valence-electron chi connectivity index (χ2n) is 8.51. The molecule has 0 saturated carbocycles. The molecule has 1 unspecified atom stereocenters. The fourth-order valence-corrected chi connectivity index (χ4v) is 6.29. The summed E-state index contributed by atoms with van der Waals surface area (Å²) in [5.41, 5.74) is 3.68. The Morgan fingerprint density at radius 2 is 1.94 bits per heavy atom. The first-order valence-electron chi connectivity index (χ1n) is 10.9. The van der Waals surface area contributed by atoms with Crippen LogP contribution in [-0.2, 0) is 21.2 Å². The molecular weight excluding hydrogens is 410 g/mol. The zero-order chi connectivity index (χ0) is 21.6. The lowest BCUT2D eigenvalue weighted by Gasteiger charge is -2.22. The number of aromatic nitrogens is 1. The first kappa shape index (κ1) is 20.3. The van der Waals surface area contributed by atoms with Crippen molar-refractivity contribution in [3.8, 4) is 0 Å². The van der Waals surface area contributed by atoms with Crippen molar-refractivity contribution in [2.45, 2.75) is 37.0 Å². The van der Waals surface area contributed by atoms with Crippen LogP contribution in [0.15, 0.2) is 53.6 Å². The lowest BCUT2D eigenvalue weighted by Crippen LogP contribution is -2.27. The van der Waals surface area contributed by atoms with Crippen molar-refractivity contribution < 1.29 is 13.2 Å². The van der Waals surface area contributed by atoms with Gasteiger partial charge in [0.2, 0.25) is 0 Å². The molecule has 7 heteroatoms. The average molecular weight is 438 g/mol. The number of benzene rings is 2. The van der Waals surface area contributed by atoms with Gasteiger partial charge in [-0.25, -0.2) is 12.4 Å². The summed E-state index contributed by atoms with van der Waals surface area (Å²) in [5.74, 6) is 0.0341. The standard InChI is InChI=1S/C24H27N3O3S/c1-17(28)22-7-4-19-15-21(6-8-23(19)22)31(29,30)27-13-9-18-3-5-20(16-24(18)27)26-12-2-10-25-11-14-26/h3,5-6,8-9,13,15-16,22,25H,2,4,7,10-12,14H2,1H3. The molecule has 1 aliphatic heterocycles. The van der Waals surface area contributed by atoms with Gasteiger partial charge in [0, 0.05) is 42.8 Å². The Hall–Kier alpha value is -2.64. The molecule has 1 aromatic heterocycles. The zero-order valence-electron chi connectivity index (χ0n) is 17.7. The molecule has 2 heterocycles. The molecular formula is C24H27N3O3S. The fourth-order valence-electron chi connectivity index (χ4n) is 4.89. The third kappa shape index (κ3) is 3.55. The highest BCUT2D eigenvalue weighted by Gasteiger charge is 2.28. The Kier molecular flexibility index (Phi) is 5.10. The molecule has 6 nitrogen and oxygen atoms in total. The number of rotatable bonds is 4. The highest BCUT2D eigenvalue weighted by atomic mass is 32.2. The van der Waals surface area contributed by atoms with Gasteiger partial charge in [0.05, 0.1) is 10.4 Å². The minimum absolute atomic E-state index is 0.107. The predicted octanol–water partition coefficient (Wildman–Crippen LogP) is 3.30. The van der Waals surface area contributed by atoms with Gasteiger partial charge in [0.25, 0.3) is 10.0 Å². The highest BCUT2D eigenvalue weighted by molar-refractivity contribution is 7.90. The molecule has 1 fully saturated rings. The van der Waals surface area contributed by atoms with Crippen LogP contribution in [0.1, 0.15) is 36.8 Å². The van der Waals surface area contributed by atoms with Gasteiger partial charge in [-0.2, -0.15) is 0 Å². The molecule has 162 valence electrons. The Bertz CT molecular complexity index is 1250. The van der Waals surface area contributed by atoms with Crippen LogP contribution < -0.4 is 10.2 Å². The number of nitrogens with zero attached hydrogens (tertiary/aromatic N) is 2. The molecule has 1 N–H and O–H groups in total. The summed E-state index contributed by atoms with van der Waals surface area (Å²) in [6, 6.07) is 13.1. The van der Waals surface area contributed by atoms with Crippen LogP contribution in [0.2, 0.25) is 0 Å². The largest absolute Gasteiger partial charge is 0.370 e. The number of carbonyl (C=O) groups excluding carboxylic acids is 1. The maximum atomic E-state index is 13.5. The van der Waals surface area contributed by atoms with Crippen molar-refractivity contribution in [2.75, 3.05) is 31.1 Å². The van der Waals surface area contributed by atoms with Crippen molar-refractivity contribution in [2.24, 2.45) is 0 Å². The number of ketones is 1. The van der Waals surface area contributed by atoms with E-state index in [9.17, 15) is 13.2 Å². The highest BCUT2D eigenvalue weighted by Crippen LogP contribution is 2.36. The maximum absolute atomic E-state index is 13.5. The Morgan fingerprint density at radius 1 is 1.06 bits per heavy atom. The van der Waals surface area contributed by atoms with Gasteiger partial charge in [-0.3, -0.25) is 4.79 Å². The van der Waals surface area contributed by atoms with Crippen LogP contribution in [0.3, 0.4) is 0 Å². The van der Waals surface area contributed by atoms with Crippen molar-refractivity contribution in [1.82, 2.24) is 9.29 Å². The Morgan fingerprint density at radius 3 is 2.77 bits per heavy atom. The van der Waals surface area contributed by atoms with Crippen LogP contribution in [0.5, 0.6) is 0 Å². The maximum Gasteiger partial charge on any atom is 0.268 e. The summed E-state index contributed by atoms with van der Waals surface area (Å²) >= 11 is 0. The van der Waals surface area contributed by atoms with E-state index in [0.717, 1.165) is 67.6 Å². The second kappa shape index (κ2) is 7.80. The Labute approximate surface area is 182 Å². The third-order valence-electron chi connectivity index (χ3n) is 6.59. The summed E-state index contributed by atoms with van der Waals surface area (Å²) in [6.45, 7) is 5.39. The molecule has 0 amide bonds.